The minimum absolute atomic E-state index is 0.0683. The summed E-state index contributed by atoms with van der Waals surface area (Å²) in [6.07, 6.45) is 1.61. The molecule has 2 aromatic rings. The van der Waals surface area contributed by atoms with Crippen LogP contribution in [-0.4, -0.2) is 11.7 Å². The van der Waals surface area contributed by atoms with E-state index >= 15 is 0 Å². The molecule has 0 atom stereocenters. The highest BCUT2D eigenvalue weighted by Crippen LogP contribution is 2.29. The molecule has 0 saturated heterocycles. The zero-order valence-corrected chi connectivity index (χ0v) is 7.84. The van der Waals surface area contributed by atoms with Crippen molar-refractivity contribution in [2.75, 3.05) is 7.11 Å². The molecule has 0 unspecified atom stereocenters. The van der Waals surface area contributed by atoms with Crippen molar-refractivity contribution in [1.29, 1.82) is 0 Å². The van der Waals surface area contributed by atoms with E-state index in [1.807, 2.05) is 0 Å². The van der Waals surface area contributed by atoms with E-state index in [-0.39, 0.29) is 16.7 Å². The average Bonchev–Trinajstić information content (AvgIpc) is 2.54. The van der Waals surface area contributed by atoms with E-state index in [2.05, 4.69) is 0 Å². The van der Waals surface area contributed by atoms with Crippen molar-refractivity contribution in [2.24, 2.45) is 7.05 Å². The lowest BCUT2D eigenvalue weighted by molar-refractivity contribution is 0.386. The first-order valence-corrected chi connectivity index (χ1v) is 4.12. The van der Waals surface area contributed by atoms with Crippen molar-refractivity contribution in [3.63, 3.8) is 0 Å². The van der Waals surface area contributed by atoms with E-state index in [1.165, 1.54) is 17.7 Å². The smallest absolute Gasteiger partial charge is 0.174 e. The molecule has 0 aliphatic heterocycles. The predicted molar refractivity (Wildman–Crippen MR) is 49.4 cm³/mol. The molecule has 0 saturated carbocycles. The molecule has 0 spiro atoms. The zero-order valence-electron chi connectivity index (χ0n) is 7.84. The number of ether oxygens (including phenoxy) is 1. The van der Waals surface area contributed by atoms with Crippen LogP contribution in [0.15, 0.2) is 18.3 Å². The van der Waals surface area contributed by atoms with E-state index in [9.17, 15) is 8.78 Å². The number of nitrogens with zero attached hydrogens (tertiary/aromatic N) is 1. The molecule has 0 aliphatic rings. The minimum atomic E-state index is -0.524. The lowest BCUT2D eigenvalue weighted by atomic mass is 10.2. The fourth-order valence-corrected chi connectivity index (χ4v) is 1.53. The van der Waals surface area contributed by atoms with Crippen LogP contribution < -0.4 is 4.74 Å². The molecule has 0 fully saturated rings. The van der Waals surface area contributed by atoms with E-state index in [1.54, 1.807) is 13.2 Å². The van der Waals surface area contributed by atoms with Crippen molar-refractivity contribution in [3.05, 3.63) is 30.0 Å². The Bertz CT molecular complexity index is 490. The Morgan fingerprint density at radius 2 is 2.07 bits per heavy atom. The summed E-state index contributed by atoms with van der Waals surface area (Å²) in [5.41, 5.74) is 0.253. The van der Waals surface area contributed by atoms with Gasteiger partial charge in [0.25, 0.3) is 0 Å². The molecule has 1 aromatic carbocycles. The molecular weight excluding hydrogens is 188 g/mol. The minimum Gasteiger partial charge on any atom is -0.494 e. The second-order valence-corrected chi connectivity index (χ2v) is 3.06. The van der Waals surface area contributed by atoms with Gasteiger partial charge in [0.1, 0.15) is 0 Å². The first-order valence-electron chi connectivity index (χ1n) is 4.12. The van der Waals surface area contributed by atoms with Gasteiger partial charge in [-0.15, -0.1) is 0 Å². The molecule has 0 amide bonds. The number of aromatic nitrogens is 1. The van der Waals surface area contributed by atoms with Gasteiger partial charge >= 0.3 is 0 Å². The lowest BCUT2D eigenvalue weighted by Gasteiger charge is -2.04. The third-order valence-corrected chi connectivity index (χ3v) is 2.23. The second kappa shape index (κ2) is 2.97. The Kier molecular flexibility index (Phi) is 1.91. The maximum atomic E-state index is 13.6. The van der Waals surface area contributed by atoms with E-state index in [0.29, 0.717) is 0 Å². The van der Waals surface area contributed by atoms with Crippen molar-refractivity contribution >= 4 is 10.9 Å². The highest BCUT2D eigenvalue weighted by Gasteiger charge is 2.14. The van der Waals surface area contributed by atoms with Gasteiger partial charge in [-0.3, -0.25) is 0 Å². The molecule has 1 heterocycles. The molecule has 0 N–H and O–H groups in total. The van der Waals surface area contributed by atoms with E-state index in [4.69, 9.17) is 4.74 Å². The van der Waals surface area contributed by atoms with Crippen LogP contribution in [0.1, 0.15) is 0 Å². The maximum absolute atomic E-state index is 13.6. The largest absolute Gasteiger partial charge is 0.494 e. The molecule has 74 valence electrons. The highest BCUT2D eigenvalue weighted by atomic mass is 19.1. The number of hydrogen-bond acceptors (Lipinski definition) is 1. The summed E-state index contributed by atoms with van der Waals surface area (Å²) in [6, 6.07) is 2.58. The number of rotatable bonds is 1. The van der Waals surface area contributed by atoms with Gasteiger partial charge in [-0.1, -0.05) is 0 Å². The summed E-state index contributed by atoms with van der Waals surface area (Å²) in [6.45, 7) is 0. The normalized spacial score (nSPS) is 10.9. The SMILES string of the molecule is COc1cc(F)c2c(ccn2C)c1F. The average molecular weight is 197 g/mol. The third kappa shape index (κ3) is 1.07. The number of benzene rings is 1. The third-order valence-electron chi connectivity index (χ3n) is 2.23. The summed E-state index contributed by atoms with van der Waals surface area (Å²) < 4.78 is 33.3. The monoisotopic (exact) mass is 197 g/mol. The van der Waals surface area contributed by atoms with Crippen LogP contribution in [0.4, 0.5) is 8.78 Å². The van der Waals surface area contributed by atoms with Gasteiger partial charge in [-0.05, 0) is 6.07 Å². The maximum Gasteiger partial charge on any atom is 0.174 e. The zero-order chi connectivity index (χ0) is 10.3. The number of methoxy groups -OCH3 is 1. The molecule has 4 heteroatoms. The quantitative estimate of drug-likeness (QED) is 0.685. The summed E-state index contributed by atoms with van der Waals surface area (Å²) in [5.74, 6) is -1.07. The molecular formula is C10H9F2NO. The first kappa shape index (κ1) is 8.99. The van der Waals surface area contributed by atoms with Gasteiger partial charge in [0.15, 0.2) is 17.4 Å². The molecule has 2 rings (SSSR count). The molecule has 2 nitrogen and oxygen atoms in total. The Morgan fingerprint density at radius 3 is 2.71 bits per heavy atom. The Hall–Kier alpha value is -1.58. The van der Waals surface area contributed by atoms with Gasteiger partial charge in [-0.25, -0.2) is 8.78 Å². The van der Waals surface area contributed by atoms with Gasteiger partial charge in [0.2, 0.25) is 0 Å². The molecule has 0 radical (unpaired) electrons. The second-order valence-electron chi connectivity index (χ2n) is 3.06. The number of halogens is 2. The molecule has 14 heavy (non-hydrogen) atoms. The highest BCUT2D eigenvalue weighted by molar-refractivity contribution is 5.83. The fraction of sp³-hybridized carbons (Fsp3) is 0.200. The van der Waals surface area contributed by atoms with Crippen LogP contribution in [-0.2, 0) is 7.05 Å². The summed E-state index contributed by atoms with van der Waals surface area (Å²) in [7, 11) is 2.98. The molecule has 0 bridgehead atoms. The van der Waals surface area contributed by atoms with E-state index in [0.717, 1.165) is 6.07 Å². The Labute approximate surface area is 79.7 Å². The van der Waals surface area contributed by atoms with Gasteiger partial charge in [0, 0.05) is 24.7 Å². The van der Waals surface area contributed by atoms with Gasteiger partial charge in [0.05, 0.1) is 12.6 Å². The molecule has 0 aliphatic carbocycles. The van der Waals surface area contributed by atoms with Crippen molar-refractivity contribution < 1.29 is 13.5 Å². The van der Waals surface area contributed by atoms with Crippen LogP contribution in [0.5, 0.6) is 5.75 Å². The number of fused-ring (bicyclic) bond motifs is 1. The number of hydrogen-bond donors (Lipinski definition) is 0. The van der Waals surface area contributed by atoms with Crippen LogP contribution in [0.2, 0.25) is 0 Å². The van der Waals surface area contributed by atoms with Crippen LogP contribution in [0.25, 0.3) is 10.9 Å². The fourth-order valence-electron chi connectivity index (χ4n) is 1.53. The number of aryl methyl sites for hydroxylation is 1. The van der Waals surface area contributed by atoms with Crippen LogP contribution in [0, 0.1) is 11.6 Å². The Balaban J connectivity index is 2.89. The summed E-state index contributed by atoms with van der Waals surface area (Å²) >= 11 is 0. The lowest BCUT2D eigenvalue weighted by Crippen LogP contribution is -1.94. The Morgan fingerprint density at radius 1 is 1.36 bits per heavy atom. The van der Waals surface area contributed by atoms with Gasteiger partial charge < -0.3 is 9.30 Å². The predicted octanol–water partition coefficient (Wildman–Crippen LogP) is 2.47. The van der Waals surface area contributed by atoms with Crippen molar-refractivity contribution in [1.82, 2.24) is 4.57 Å². The van der Waals surface area contributed by atoms with Crippen LogP contribution in [0.3, 0.4) is 0 Å². The van der Waals surface area contributed by atoms with Gasteiger partial charge in [-0.2, -0.15) is 0 Å². The first-order chi connectivity index (χ1) is 6.65. The summed E-state index contributed by atoms with van der Waals surface area (Å²) in [5, 5.41) is 0.240. The topological polar surface area (TPSA) is 14.2 Å². The van der Waals surface area contributed by atoms with Crippen molar-refractivity contribution in [2.45, 2.75) is 0 Å². The standard InChI is InChI=1S/C10H9F2NO/c1-13-4-3-6-9(12)8(14-2)5-7(11)10(6)13/h3-5H,1-2H3. The van der Waals surface area contributed by atoms with Crippen molar-refractivity contribution in [3.8, 4) is 5.75 Å². The van der Waals surface area contributed by atoms with Crippen LogP contribution >= 0.6 is 0 Å². The van der Waals surface area contributed by atoms with E-state index < -0.39 is 11.6 Å². The summed E-state index contributed by atoms with van der Waals surface area (Å²) in [4.78, 5) is 0. The molecule has 1 aromatic heterocycles.